The van der Waals surface area contributed by atoms with E-state index in [0.29, 0.717) is 13.0 Å². The van der Waals surface area contributed by atoms with Gasteiger partial charge in [-0.05, 0) is 35.9 Å². The number of para-hydroxylation sites is 1. The van der Waals surface area contributed by atoms with Gasteiger partial charge in [0.05, 0.1) is 7.11 Å². The number of hydrogen-bond donors (Lipinski definition) is 1. The Morgan fingerprint density at radius 2 is 1.88 bits per heavy atom. The number of fused-ring (bicyclic) bond motifs is 1. The van der Waals surface area contributed by atoms with Gasteiger partial charge in [0.25, 0.3) is 0 Å². The van der Waals surface area contributed by atoms with Gasteiger partial charge in [0.1, 0.15) is 5.75 Å². The molecule has 0 aromatic heterocycles. The van der Waals surface area contributed by atoms with E-state index in [4.69, 9.17) is 4.74 Å². The van der Waals surface area contributed by atoms with Gasteiger partial charge >= 0.3 is 0 Å². The molecule has 0 saturated heterocycles. The molecule has 2 amide bonds. The summed E-state index contributed by atoms with van der Waals surface area (Å²) in [4.78, 5) is 25.9. The lowest BCUT2D eigenvalue weighted by Crippen LogP contribution is -2.28. The van der Waals surface area contributed by atoms with Crippen LogP contribution in [0.4, 0.5) is 11.4 Å². The number of anilines is 2. The fourth-order valence-corrected chi connectivity index (χ4v) is 3.08. The molecule has 24 heavy (non-hydrogen) atoms. The number of benzene rings is 2. The van der Waals surface area contributed by atoms with Gasteiger partial charge in [-0.2, -0.15) is 0 Å². The van der Waals surface area contributed by atoms with Crippen molar-refractivity contribution in [1.82, 2.24) is 0 Å². The van der Waals surface area contributed by atoms with Gasteiger partial charge in [-0.1, -0.05) is 18.2 Å². The summed E-state index contributed by atoms with van der Waals surface area (Å²) in [5, 5.41) is 2.90. The fourth-order valence-electron chi connectivity index (χ4n) is 3.08. The molecule has 5 nitrogen and oxygen atoms in total. The van der Waals surface area contributed by atoms with E-state index in [2.05, 4.69) is 5.32 Å². The summed E-state index contributed by atoms with van der Waals surface area (Å²) in [6.07, 6.45) is 0.340. The first kappa shape index (κ1) is 16.1. The third-order valence-electron chi connectivity index (χ3n) is 4.26. The van der Waals surface area contributed by atoms with Crippen LogP contribution < -0.4 is 15.0 Å². The van der Waals surface area contributed by atoms with Crippen LogP contribution in [-0.4, -0.2) is 25.5 Å². The predicted molar refractivity (Wildman–Crippen MR) is 93.5 cm³/mol. The van der Waals surface area contributed by atoms with E-state index in [0.717, 1.165) is 22.7 Å². The lowest BCUT2D eigenvalue weighted by atomic mass is 9.97. The molecule has 3 rings (SSSR count). The van der Waals surface area contributed by atoms with Gasteiger partial charge in [0.2, 0.25) is 11.8 Å². The molecule has 1 unspecified atom stereocenters. The SMILES string of the molecule is COc1ccc(NC(=O)CC2CN(C(C)=O)c3ccccc32)cc1. The monoisotopic (exact) mass is 324 g/mol. The Balaban J connectivity index is 1.69. The van der Waals surface area contributed by atoms with Crippen molar-refractivity contribution < 1.29 is 14.3 Å². The lowest BCUT2D eigenvalue weighted by Gasteiger charge is -2.15. The summed E-state index contributed by atoms with van der Waals surface area (Å²) in [6, 6.07) is 15.0. The zero-order chi connectivity index (χ0) is 17.1. The number of nitrogens with zero attached hydrogens (tertiary/aromatic N) is 1. The average Bonchev–Trinajstić information content (AvgIpc) is 2.94. The zero-order valence-corrected chi connectivity index (χ0v) is 13.8. The van der Waals surface area contributed by atoms with E-state index >= 15 is 0 Å². The maximum Gasteiger partial charge on any atom is 0.225 e. The number of carbonyl (C=O) groups excluding carboxylic acids is 2. The molecule has 0 spiro atoms. The summed E-state index contributed by atoms with van der Waals surface area (Å²) in [7, 11) is 1.60. The molecule has 1 N–H and O–H groups in total. The minimum Gasteiger partial charge on any atom is -0.497 e. The van der Waals surface area contributed by atoms with Crippen LogP contribution in [-0.2, 0) is 9.59 Å². The second-order valence-electron chi connectivity index (χ2n) is 5.87. The Morgan fingerprint density at radius 3 is 2.54 bits per heavy atom. The Bertz CT molecular complexity index is 755. The zero-order valence-electron chi connectivity index (χ0n) is 13.8. The molecular formula is C19H20N2O3. The summed E-state index contributed by atoms with van der Waals surface area (Å²) in [6.45, 7) is 2.10. The first-order chi connectivity index (χ1) is 11.6. The van der Waals surface area contributed by atoms with Crippen molar-refractivity contribution in [2.75, 3.05) is 23.9 Å². The van der Waals surface area contributed by atoms with Crippen molar-refractivity contribution in [2.45, 2.75) is 19.3 Å². The first-order valence-corrected chi connectivity index (χ1v) is 7.89. The highest BCUT2D eigenvalue weighted by molar-refractivity contribution is 5.96. The molecule has 0 saturated carbocycles. The minimum atomic E-state index is -0.0645. The van der Waals surface area contributed by atoms with E-state index in [1.807, 2.05) is 24.3 Å². The molecule has 5 heteroatoms. The number of ether oxygens (including phenoxy) is 1. The minimum absolute atomic E-state index is 0.000475. The molecular weight excluding hydrogens is 304 g/mol. The van der Waals surface area contributed by atoms with Crippen molar-refractivity contribution >= 4 is 23.2 Å². The molecule has 0 bridgehead atoms. The van der Waals surface area contributed by atoms with Crippen molar-refractivity contribution in [1.29, 1.82) is 0 Å². The predicted octanol–water partition coefficient (Wildman–Crippen LogP) is 3.17. The molecule has 0 fully saturated rings. The van der Waals surface area contributed by atoms with Gasteiger partial charge in [-0.3, -0.25) is 9.59 Å². The maximum absolute atomic E-state index is 12.4. The molecule has 1 heterocycles. The lowest BCUT2D eigenvalue weighted by molar-refractivity contribution is -0.118. The first-order valence-electron chi connectivity index (χ1n) is 7.89. The molecule has 1 atom stereocenters. The van der Waals surface area contributed by atoms with Crippen LogP contribution in [0.15, 0.2) is 48.5 Å². The largest absolute Gasteiger partial charge is 0.497 e. The standard InChI is InChI=1S/C19H20N2O3/c1-13(22)21-12-14(17-5-3-4-6-18(17)21)11-19(23)20-15-7-9-16(24-2)10-8-15/h3-10,14H,11-12H2,1-2H3,(H,20,23). The average molecular weight is 324 g/mol. The van der Waals surface area contributed by atoms with Crippen LogP contribution in [0, 0.1) is 0 Å². The second-order valence-corrected chi connectivity index (χ2v) is 5.87. The van der Waals surface area contributed by atoms with Crippen molar-refractivity contribution in [3.63, 3.8) is 0 Å². The van der Waals surface area contributed by atoms with Crippen LogP contribution >= 0.6 is 0 Å². The van der Waals surface area contributed by atoms with E-state index in [-0.39, 0.29) is 17.7 Å². The number of amides is 2. The molecule has 1 aliphatic heterocycles. The van der Waals surface area contributed by atoms with Crippen molar-refractivity contribution in [3.8, 4) is 5.75 Å². The normalized spacial score (nSPS) is 15.8. The summed E-state index contributed by atoms with van der Waals surface area (Å²) < 4.78 is 5.10. The molecule has 124 valence electrons. The Hall–Kier alpha value is -2.82. The van der Waals surface area contributed by atoms with Gasteiger partial charge in [-0.25, -0.2) is 0 Å². The number of nitrogens with one attached hydrogen (secondary N) is 1. The number of methoxy groups -OCH3 is 1. The Kier molecular flexibility index (Phi) is 4.51. The van der Waals surface area contributed by atoms with E-state index < -0.39 is 0 Å². The topological polar surface area (TPSA) is 58.6 Å². The van der Waals surface area contributed by atoms with Gasteiger partial charge < -0.3 is 15.0 Å². The molecule has 0 aliphatic carbocycles. The highest BCUT2D eigenvalue weighted by Crippen LogP contribution is 2.38. The Labute approximate surface area is 141 Å². The van der Waals surface area contributed by atoms with Crippen LogP contribution in [0.25, 0.3) is 0 Å². The smallest absolute Gasteiger partial charge is 0.225 e. The van der Waals surface area contributed by atoms with E-state index in [9.17, 15) is 9.59 Å². The van der Waals surface area contributed by atoms with Crippen LogP contribution in [0.5, 0.6) is 5.75 Å². The van der Waals surface area contributed by atoms with Crippen LogP contribution in [0.1, 0.15) is 24.8 Å². The van der Waals surface area contributed by atoms with Gasteiger partial charge in [0, 0.05) is 37.2 Å². The highest BCUT2D eigenvalue weighted by atomic mass is 16.5. The third kappa shape index (κ3) is 3.25. The van der Waals surface area contributed by atoms with Crippen molar-refractivity contribution in [2.24, 2.45) is 0 Å². The van der Waals surface area contributed by atoms with Gasteiger partial charge in [0.15, 0.2) is 0 Å². The summed E-state index contributed by atoms with van der Waals surface area (Å²) >= 11 is 0. The summed E-state index contributed by atoms with van der Waals surface area (Å²) in [5.41, 5.74) is 2.69. The third-order valence-corrected chi connectivity index (χ3v) is 4.26. The number of hydrogen-bond acceptors (Lipinski definition) is 3. The molecule has 1 aliphatic rings. The van der Waals surface area contributed by atoms with Crippen LogP contribution in [0.2, 0.25) is 0 Å². The molecule has 2 aromatic carbocycles. The van der Waals surface area contributed by atoms with E-state index in [1.165, 1.54) is 0 Å². The summed E-state index contributed by atoms with van der Waals surface area (Å²) in [5.74, 6) is 0.698. The maximum atomic E-state index is 12.4. The molecule has 2 aromatic rings. The number of carbonyl (C=O) groups is 2. The number of rotatable bonds is 4. The van der Waals surface area contributed by atoms with E-state index in [1.54, 1.807) is 43.2 Å². The quantitative estimate of drug-likeness (QED) is 0.940. The molecule has 0 radical (unpaired) electrons. The van der Waals surface area contributed by atoms with Crippen molar-refractivity contribution in [3.05, 3.63) is 54.1 Å². The fraction of sp³-hybridized carbons (Fsp3) is 0.263. The van der Waals surface area contributed by atoms with Crippen LogP contribution in [0.3, 0.4) is 0 Å². The van der Waals surface area contributed by atoms with Gasteiger partial charge in [-0.15, -0.1) is 0 Å². The highest BCUT2D eigenvalue weighted by Gasteiger charge is 2.31. The second kappa shape index (κ2) is 6.74. The Morgan fingerprint density at radius 1 is 1.17 bits per heavy atom.